The summed E-state index contributed by atoms with van der Waals surface area (Å²) >= 11 is 0. The van der Waals surface area contributed by atoms with Gasteiger partial charge in [-0.3, -0.25) is 4.79 Å². The minimum absolute atomic E-state index is 0.0696. The molecule has 4 nitrogen and oxygen atoms in total. The molecule has 2 atom stereocenters. The predicted molar refractivity (Wildman–Crippen MR) is 88.2 cm³/mol. The summed E-state index contributed by atoms with van der Waals surface area (Å²) < 4.78 is 11.0. The lowest BCUT2D eigenvalue weighted by atomic mass is 9.97. The lowest BCUT2D eigenvalue weighted by Crippen LogP contribution is -2.45. The molecule has 2 fully saturated rings. The fourth-order valence-electron chi connectivity index (χ4n) is 3.71. The van der Waals surface area contributed by atoms with Gasteiger partial charge in [0.2, 0.25) is 0 Å². The molecule has 2 saturated heterocycles. The van der Waals surface area contributed by atoms with Crippen LogP contribution in [0.1, 0.15) is 24.4 Å². The summed E-state index contributed by atoms with van der Waals surface area (Å²) in [4.78, 5) is 14.8. The summed E-state index contributed by atoms with van der Waals surface area (Å²) in [5.41, 5.74) is 1.24. The maximum absolute atomic E-state index is 12.8. The zero-order chi connectivity index (χ0) is 15.6. The molecule has 2 aromatic carbocycles. The lowest BCUT2D eigenvalue weighted by Gasteiger charge is -2.31. The van der Waals surface area contributed by atoms with Crippen molar-refractivity contribution in [2.24, 2.45) is 0 Å². The minimum Gasteiger partial charge on any atom is -0.376 e. The molecule has 0 bridgehead atoms. The van der Waals surface area contributed by atoms with Crippen LogP contribution < -0.4 is 0 Å². The molecule has 0 aromatic heterocycles. The van der Waals surface area contributed by atoms with E-state index in [0.717, 1.165) is 19.4 Å². The first-order chi connectivity index (χ1) is 11.3. The molecule has 0 saturated carbocycles. The van der Waals surface area contributed by atoms with E-state index >= 15 is 0 Å². The standard InChI is InChI=1S/C19H21NO3/c21-19(18-13-22-11-12-23-18)20-10-4-9-17(20)16-8-3-6-14-5-1-2-7-15(14)16/h1-3,5-8,17-18H,4,9-13H2/t17-,18-/m0/s1. The Labute approximate surface area is 136 Å². The third-order valence-electron chi connectivity index (χ3n) is 4.81. The van der Waals surface area contributed by atoms with Crippen LogP contribution in [-0.2, 0) is 14.3 Å². The first-order valence-electron chi connectivity index (χ1n) is 8.32. The van der Waals surface area contributed by atoms with Gasteiger partial charge in [-0.15, -0.1) is 0 Å². The summed E-state index contributed by atoms with van der Waals surface area (Å²) in [6.07, 6.45) is 1.60. The Morgan fingerprint density at radius 1 is 1.09 bits per heavy atom. The second-order valence-electron chi connectivity index (χ2n) is 6.19. The molecule has 0 aliphatic carbocycles. The van der Waals surface area contributed by atoms with E-state index in [1.165, 1.54) is 16.3 Å². The highest BCUT2D eigenvalue weighted by Crippen LogP contribution is 2.36. The van der Waals surface area contributed by atoms with Crippen LogP contribution in [0, 0.1) is 0 Å². The van der Waals surface area contributed by atoms with Crippen LogP contribution in [0.25, 0.3) is 10.8 Å². The van der Waals surface area contributed by atoms with Gasteiger partial charge in [-0.1, -0.05) is 42.5 Å². The largest absolute Gasteiger partial charge is 0.376 e. The minimum atomic E-state index is -0.445. The van der Waals surface area contributed by atoms with E-state index in [0.29, 0.717) is 19.8 Å². The molecule has 2 aliphatic heterocycles. The molecular formula is C19H21NO3. The van der Waals surface area contributed by atoms with Gasteiger partial charge < -0.3 is 14.4 Å². The van der Waals surface area contributed by atoms with Gasteiger partial charge in [0.05, 0.1) is 25.9 Å². The average Bonchev–Trinajstić information content (AvgIpc) is 3.11. The van der Waals surface area contributed by atoms with E-state index in [1.54, 1.807) is 0 Å². The van der Waals surface area contributed by atoms with E-state index in [4.69, 9.17) is 9.47 Å². The van der Waals surface area contributed by atoms with Crippen molar-refractivity contribution in [3.8, 4) is 0 Å². The number of benzene rings is 2. The topological polar surface area (TPSA) is 38.8 Å². The second-order valence-corrected chi connectivity index (χ2v) is 6.19. The van der Waals surface area contributed by atoms with Gasteiger partial charge in [0.1, 0.15) is 0 Å². The monoisotopic (exact) mass is 311 g/mol. The highest BCUT2D eigenvalue weighted by atomic mass is 16.6. The Morgan fingerprint density at radius 3 is 2.83 bits per heavy atom. The van der Waals surface area contributed by atoms with Crippen molar-refractivity contribution in [1.29, 1.82) is 0 Å². The highest BCUT2D eigenvalue weighted by molar-refractivity contribution is 5.87. The number of likely N-dealkylation sites (tertiary alicyclic amines) is 1. The maximum atomic E-state index is 12.8. The number of amides is 1. The number of carbonyl (C=O) groups excluding carboxylic acids is 1. The fraction of sp³-hybridized carbons (Fsp3) is 0.421. The summed E-state index contributed by atoms with van der Waals surface area (Å²) in [5, 5.41) is 2.46. The highest BCUT2D eigenvalue weighted by Gasteiger charge is 2.35. The van der Waals surface area contributed by atoms with Gasteiger partial charge in [0, 0.05) is 6.54 Å². The van der Waals surface area contributed by atoms with E-state index < -0.39 is 6.10 Å². The number of fused-ring (bicyclic) bond motifs is 1. The van der Waals surface area contributed by atoms with Crippen molar-refractivity contribution in [1.82, 2.24) is 4.90 Å². The quantitative estimate of drug-likeness (QED) is 0.856. The van der Waals surface area contributed by atoms with E-state index in [9.17, 15) is 4.79 Å². The molecule has 120 valence electrons. The first kappa shape index (κ1) is 14.7. The third-order valence-corrected chi connectivity index (χ3v) is 4.81. The van der Waals surface area contributed by atoms with Crippen molar-refractivity contribution >= 4 is 16.7 Å². The van der Waals surface area contributed by atoms with Gasteiger partial charge in [-0.25, -0.2) is 0 Å². The smallest absolute Gasteiger partial charge is 0.254 e. The predicted octanol–water partition coefficient (Wildman–Crippen LogP) is 2.92. The van der Waals surface area contributed by atoms with E-state index in [1.807, 2.05) is 4.90 Å². The van der Waals surface area contributed by atoms with Crippen LogP contribution >= 0.6 is 0 Å². The number of hydrogen-bond acceptors (Lipinski definition) is 3. The summed E-state index contributed by atoms with van der Waals surface area (Å²) in [7, 11) is 0. The van der Waals surface area contributed by atoms with Crippen LogP contribution in [-0.4, -0.2) is 43.3 Å². The van der Waals surface area contributed by atoms with Crippen LogP contribution in [0.4, 0.5) is 0 Å². The molecular weight excluding hydrogens is 290 g/mol. The summed E-state index contributed by atoms with van der Waals surface area (Å²) in [6.45, 7) is 2.25. The summed E-state index contributed by atoms with van der Waals surface area (Å²) in [5.74, 6) is 0.0696. The number of carbonyl (C=O) groups is 1. The van der Waals surface area contributed by atoms with Crippen molar-refractivity contribution in [3.63, 3.8) is 0 Å². The SMILES string of the molecule is O=C([C@@H]1COCCO1)N1CCC[C@H]1c1cccc2ccccc12. The zero-order valence-electron chi connectivity index (χ0n) is 13.1. The number of hydrogen-bond donors (Lipinski definition) is 0. The Bertz CT molecular complexity index is 703. The zero-order valence-corrected chi connectivity index (χ0v) is 13.1. The van der Waals surface area contributed by atoms with E-state index in [-0.39, 0.29) is 11.9 Å². The van der Waals surface area contributed by atoms with E-state index in [2.05, 4.69) is 42.5 Å². The second kappa shape index (κ2) is 6.30. The Morgan fingerprint density at radius 2 is 1.96 bits per heavy atom. The van der Waals surface area contributed by atoms with Crippen LogP contribution in [0.15, 0.2) is 42.5 Å². The van der Waals surface area contributed by atoms with Crippen LogP contribution in [0.2, 0.25) is 0 Å². The molecule has 0 radical (unpaired) electrons. The van der Waals surface area contributed by atoms with Gasteiger partial charge in [-0.2, -0.15) is 0 Å². The number of rotatable bonds is 2. The molecule has 4 rings (SSSR count). The Kier molecular flexibility index (Phi) is 4.02. The molecule has 2 aliphatic rings. The normalized spacial score (nSPS) is 25.0. The fourth-order valence-corrected chi connectivity index (χ4v) is 3.71. The Hall–Kier alpha value is -1.91. The molecule has 2 aromatic rings. The lowest BCUT2D eigenvalue weighted by molar-refractivity contribution is -0.158. The van der Waals surface area contributed by atoms with Gasteiger partial charge in [0.15, 0.2) is 6.10 Å². The van der Waals surface area contributed by atoms with Gasteiger partial charge in [-0.05, 0) is 29.2 Å². The van der Waals surface area contributed by atoms with Crippen molar-refractivity contribution in [2.75, 3.05) is 26.4 Å². The molecule has 1 amide bonds. The van der Waals surface area contributed by atoms with Crippen LogP contribution in [0.3, 0.4) is 0 Å². The van der Waals surface area contributed by atoms with Gasteiger partial charge in [0.25, 0.3) is 5.91 Å². The average molecular weight is 311 g/mol. The molecule has 23 heavy (non-hydrogen) atoms. The maximum Gasteiger partial charge on any atom is 0.254 e. The van der Waals surface area contributed by atoms with Crippen molar-refractivity contribution in [2.45, 2.75) is 25.0 Å². The first-order valence-corrected chi connectivity index (χ1v) is 8.32. The Balaban J connectivity index is 1.65. The number of ether oxygens (including phenoxy) is 2. The molecule has 2 heterocycles. The molecule has 0 spiro atoms. The molecule has 0 unspecified atom stereocenters. The van der Waals surface area contributed by atoms with Crippen molar-refractivity contribution in [3.05, 3.63) is 48.0 Å². The third kappa shape index (κ3) is 2.73. The van der Waals surface area contributed by atoms with Crippen LogP contribution in [0.5, 0.6) is 0 Å². The number of nitrogens with zero attached hydrogens (tertiary/aromatic N) is 1. The molecule has 4 heteroatoms. The van der Waals surface area contributed by atoms with Crippen molar-refractivity contribution < 1.29 is 14.3 Å². The summed E-state index contributed by atoms with van der Waals surface area (Å²) in [6, 6.07) is 14.9. The van der Waals surface area contributed by atoms with Gasteiger partial charge >= 0.3 is 0 Å². The molecule has 0 N–H and O–H groups in total.